The van der Waals surface area contributed by atoms with Crippen LogP contribution in [0.1, 0.15) is 81.6 Å². The lowest BCUT2D eigenvalue weighted by Gasteiger charge is -2.24. The van der Waals surface area contributed by atoms with Gasteiger partial charge in [-0.3, -0.25) is 9.59 Å². The molecular formula is C27H52N6O9. The van der Waals surface area contributed by atoms with Crippen molar-refractivity contribution in [1.82, 2.24) is 26.6 Å². The summed E-state index contributed by atoms with van der Waals surface area (Å²) in [6.07, 6.45) is -2.85. The molecule has 0 fully saturated rings. The fourth-order valence-electron chi connectivity index (χ4n) is 3.17. The quantitative estimate of drug-likeness (QED) is 0.110. The lowest BCUT2D eigenvalue weighted by atomic mass is 10.1. The van der Waals surface area contributed by atoms with Crippen LogP contribution in [0.2, 0.25) is 0 Å². The van der Waals surface area contributed by atoms with Gasteiger partial charge in [0.25, 0.3) is 0 Å². The first kappa shape index (κ1) is 38.7. The fourth-order valence-corrected chi connectivity index (χ4v) is 3.17. The summed E-state index contributed by atoms with van der Waals surface area (Å²) in [4.78, 5) is 61.7. The highest BCUT2D eigenvalue weighted by molar-refractivity contribution is 5.86. The molecule has 8 N–H and O–H groups in total. The van der Waals surface area contributed by atoms with Gasteiger partial charge in [0, 0.05) is 19.6 Å². The predicted octanol–water partition coefficient (Wildman–Crippen LogP) is 1.02. The van der Waals surface area contributed by atoms with Gasteiger partial charge in [0.05, 0.1) is 6.10 Å². The lowest BCUT2D eigenvalue weighted by molar-refractivity contribution is -0.123. The first-order valence-corrected chi connectivity index (χ1v) is 14.0. The van der Waals surface area contributed by atoms with Crippen LogP contribution in [-0.4, -0.2) is 96.4 Å². The highest BCUT2D eigenvalue weighted by atomic mass is 16.6. The Kier molecular flexibility index (Phi) is 16.2. The van der Waals surface area contributed by atoms with Crippen LogP contribution in [0.5, 0.6) is 0 Å². The topological polar surface area (TPSA) is 219 Å². The van der Waals surface area contributed by atoms with Crippen LogP contribution in [-0.2, 0) is 23.8 Å². The number of alkyl carbamates (subject to hydrolysis) is 3. The van der Waals surface area contributed by atoms with Crippen LogP contribution in [0.3, 0.4) is 0 Å². The number of aliphatic hydroxyl groups is 1. The third-order valence-electron chi connectivity index (χ3n) is 4.83. The zero-order valence-electron chi connectivity index (χ0n) is 26.5. The standard InChI is InChI=1S/C27H52N6O9/c1-25(2,3)40-22(37)31-16-17(34)15-30-21(36)18(32-23(38)41-26(4,5)6)11-10-14-29-20(35)19(12-13-28)33-24(39)42-27(7,8)9/h17-19,34H,10-16,28H2,1-9H3,(H,29,35)(H,30,36)(H,31,37)(H,32,38)(H,33,39)/t17?,18-,19-/m0/s1. The molecule has 0 aliphatic carbocycles. The third-order valence-corrected chi connectivity index (χ3v) is 4.83. The van der Waals surface area contributed by atoms with Crippen molar-refractivity contribution in [3.8, 4) is 0 Å². The van der Waals surface area contributed by atoms with Crippen molar-refractivity contribution in [3.63, 3.8) is 0 Å². The molecule has 0 aliphatic heterocycles. The molecule has 0 saturated heterocycles. The minimum absolute atomic E-state index is 0.110. The Morgan fingerprint density at radius 1 is 0.643 bits per heavy atom. The molecule has 0 bridgehead atoms. The van der Waals surface area contributed by atoms with Gasteiger partial charge in [0.1, 0.15) is 28.9 Å². The Morgan fingerprint density at radius 3 is 1.50 bits per heavy atom. The van der Waals surface area contributed by atoms with E-state index in [0.717, 1.165) is 0 Å². The monoisotopic (exact) mass is 604 g/mol. The maximum Gasteiger partial charge on any atom is 0.408 e. The molecule has 0 heterocycles. The van der Waals surface area contributed by atoms with E-state index >= 15 is 0 Å². The van der Waals surface area contributed by atoms with Gasteiger partial charge in [-0.05, 0) is 88.1 Å². The molecule has 0 spiro atoms. The van der Waals surface area contributed by atoms with Gasteiger partial charge in [0.15, 0.2) is 0 Å². The zero-order chi connectivity index (χ0) is 32.7. The van der Waals surface area contributed by atoms with Crippen molar-refractivity contribution >= 4 is 30.1 Å². The molecule has 0 aliphatic rings. The van der Waals surface area contributed by atoms with E-state index in [1.807, 2.05) is 0 Å². The Bertz CT molecular complexity index is 894. The minimum atomic E-state index is -1.13. The highest BCUT2D eigenvalue weighted by Gasteiger charge is 2.26. The second kappa shape index (κ2) is 17.6. The van der Waals surface area contributed by atoms with Crippen LogP contribution in [0, 0.1) is 0 Å². The summed E-state index contributed by atoms with van der Waals surface area (Å²) in [6, 6.07) is -1.97. The Labute approximate surface area is 248 Å². The SMILES string of the molecule is CC(C)(C)OC(=O)NCC(O)CNC(=O)[C@H](CCCNC(=O)[C@H](CCN)NC(=O)OC(C)(C)C)NC(=O)OC(C)(C)C. The largest absolute Gasteiger partial charge is 0.444 e. The summed E-state index contributed by atoms with van der Waals surface area (Å²) in [5.74, 6) is -1.08. The number of nitrogens with one attached hydrogen (secondary N) is 5. The van der Waals surface area contributed by atoms with Gasteiger partial charge in [-0.25, -0.2) is 14.4 Å². The number of carbonyl (C=O) groups excluding carboxylic acids is 5. The number of hydrogen-bond donors (Lipinski definition) is 7. The third kappa shape index (κ3) is 20.5. The van der Waals surface area contributed by atoms with E-state index in [0.29, 0.717) is 0 Å². The molecule has 0 saturated carbocycles. The summed E-state index contributed by atoms with van der Waals surface area (Å²) in [5.41, 5.74) is 3.33. The van der Waals surface area contributed by atoms with Crippen molar-refractivity contribution in [3.05, 3.63) is 0 Å². The molecule has 0 radical (unpaired) electrons. The highest BCUT2D eigenvalue weighted by Crippen LogP contribution is 2.09. The average Bonchev–Trinajstić information content (AvgIpc) is 2.79. The van der Waals surface area contributed by atoms with E-state index < -0.39 is 65.1 Å². The van der Waals surface area contributed by atoms with Crippen LogP contribution in [0.15, 0.2) is 0 Å². The molecule has 1 unspecified atom stereocenters. The van der Waals surface area contributed by atoms with E-state index in [9.17, 15) is 29.1 Å². The van der Waals surface area contributed by atoms with Crippen LogP contribution in [0.4, 0.5) is 14.4 Å². The van der Waals surface area contributed by atoms with E-state index in [1.165, 1.54) is 0 Å². The molecule has 0 aromatic heterocycles. The van der Waals surface area contributed by atoms with Crippen molar-refractivity contribution in [2.24, 2.45) is 5.73 Å². The molecule has 5 amide bonds. The number of amides is 5. The number of aliphatic hydroxyl groups excluding tert-OH is 1. The average molecular weight is 605 g/mol. The summed E-state index contributed by atoms with van der Waals surface area (Å²) < 4.78 is 15.5. The molecule has 3 atom stereocenters. The van der Waals surface area contributed by atoms with E-state index in [2.05, 4.69) is 26.6 Å². The first-order valence-electron chi connectivity index (χ1n) is 14.0. The number of nitrogens with two attached hydrogens (primary N) is 1. The first-order chi connectivity index (χ1) is 19.1. The number of carbonyl (C=O) groups is 5. The number of ether oxygens (including phenoxy) is 3. The lowest BCUT2D eigenvalue weighted by Crippen LogP contribution is -2.51. The van der Waals surface area contributed by atoms with Crippen molar-refractivity contribution in [1.29, 1.82) is 0 Å². The Balaban J connectivity index is 5.04. The van der Waals surface area contributed by atoms with E-state index in [4.69, 9.17) is 19.9 Å². The van der Waals surface area contributed by atoms with E-state index in [1.54, 1.807) is 62.3 Å². The van der Waals surface area contributed by atoms with Crippen LogP contribution < -0.4 is 32.3 Å². The summed E-state index contributed by atoms with van der Waals surface area (Å²) >= 11 is 0. The maximum atomic E-state index is 12.9. The molecule has 244 valence electrons. The number of rotatable bonds is 14. The van der Waals surface area contributed by atoms with Gasteiger partial charge in [0.2, 0.25) is 11.8 Å². The van der Waals surface area contributed by atoms with Gasteiger partial charge in [-0.1, -0.05) is 0 Å². The molecule has 42 heavy (non-hydrogen) atoms. The smallest absolute Gasteiger partial charge is 0.408 e. The van der Waals surface area contributed by atoms with Gasteiger partial charge in [-0.2, -0.15) is 0 Å². The van der Waals surface area contributed by atoms with Crippen LogP contribution in [0.25, 0.3) is 0 Å². The predicted molar refractivity (Wildman–Crippen MR) is 155 cm³/mol. The summed E-state index contributed by atoms with van der Waals surface area (Å²) in [5, 5.41) is 22.8. The molecule has 0 aromatic carbocycles. The normalized spacial score (nSPS) is 14.0. The fraction of sp³-hybridized carbons (Fsp3) is 0.815. The maximum absolute atomic E-state index is 12.9. The van der Waals surface area contributed by atoms with Gasteiger partial charge < -0.3 is 51.6 Å². The summed E-state index contributed by atoms with van der Waals surface area (Å²) in [6.45, 7) is 15.1. The minimum Gasteiger partial charge on any atom is -0.444 e. The molecular weight excluding hydrogens is 552 g/mol. The Morgan fingerprint density at radius 2 is 1.05 bits per heavy atom. The van der Waals surface area contributed by atoms with Gasteiger partial charge >= 0.3 is 18.3 Å². The second-order valence-corrected chi connectivity index (χ2v) is 12.7. The molecule has 15 nitrogen and oxygen atoms in total. The summed E-state index contributed by atoms with van der Waals surface area (Å²) in [7, 11) is 0. The van der Waals surface area contributed by atoms with Crippen molar-refractivity contribution < 1.29 is 43.3 Å². The number of hydrogen-bond acceptors (Lipinski definition) is 10. The molecule has 0 aromatic rings. The zero-order valence-corrected chi connectivity index (χ0v) is 26.5. The molecule has 15 heteroatoms. The van der Waals surface area contributed by atoms with E-state index in [-0.39, 0.29) is 45.4 Å². The Hall–Kier alpha value is -3.33. The molecule has 0 rings (SSSR count). The van der Waals surface area contributed by atoms with Crippen molar-refractivity contribution in [2.45, 2.75) is 117 Å². The van der Waals surface area contributed by atoms with Gasteiger partial charge in [-0.15, -0.1) is 0 Å². The van der Waals surface area contributed by atoms with Crippen molar-refractivity contribution in [2.75, 3.05) is 26.2 Å². The van der Waals surface area contributed by atoms with Crippen LogP contribution >= 0.6 is 0 Å². The second-order valence-electron chi connectivity index (χ2n) is 12.7.